The van der Waals surface area contributed by atoms with E-state index in [2.05, 4.69) is 15.2 Å². The monoisotopic (exact) mass is 518 g/mol. The maximum atomic E-state index is 13.4. The maximum absolute atomic E-state index is 13.4. The molecule has 1 aliphatic carbocycles. The van der Waals surface area contributed by atoms with Gasteiger partial charge in [0.25, 0.3) is 5.91 Å². The zero-order valence-corrected chi connectivity index (χ0v) is 21.4. The molecule has 2 heterocycles. The number of rotatable bonds is 9. The second-order valence-corrected chi connectivity index (χ2v) is 10.0. The number of pyridine rings is 1. The van der Waals surface area contributed by atoms with Gasteiger partial charge in [0, 0.05) is 38.9 Å². The molecule has 0 spiro atoms. The van der Waals surface area contributed by atoms with Gasteiger partial charge in [0.15, 0.2) is 0 Å². The van der Waals surface area contributed by atoms with Crippen molar-refractivity contribution >= 4 is 23.4 Å². The Labute approximate surface area is 222 Å². The highest BCUT2D eigenvalue weighted by molar-refractivity contribution is 6.32. The van der Waals surface area contributed by atoms with Crippen molar-refractivity contribution in [2.45, 2.75) is 25.4 Å². The summed E-state index contributed by atoms with van der Waals surface area (Å²) >= 11 is 6.35. The third-order valence-electron chi connectivity index (χ3n) is 6.85. The highest BCUT2D eigenvalue weighted by atomic mass is 35.5. The fourth-order valence-electron chi connectivity index (χ4n) is 4.54. The summed E-state index contributed by atoms with van der Waals surface area (Å²) in [4.78, 5) is 34.7. The molecule has 1 N–H and O–H groups in total. The van der Waals surface area contributed by atoms with E-state index >= 15 is 0 Å². The summed E-state index contributed by atoms with van der Waals surface area (Å²) in [7, 11) is 0. The van der Waals surface area contributed by atoms with E-state index in [1.54, 1.807) is 11.0 Å². The molecule has 0 radical (unpaired) electrons. The summed E-state index contributed by atoms with van der Waals surface area (Å²) < 4.78 is 5.68. The van der Waals surface area contributed by atoms with E-state index in [1.165, 1.54) is 19.0 Å². The Morgan fingerprint density at radius 1 is 1.00 bits per heavy atom. The van der Waals surface area contributed by atoms with Crippen LogP contribution in [0.3, 0.4) is 0 Å². The summed E-state index contributed by atoms with van der Waals surface area (Å²) in [6.07, 6.45) is 3.90. The Kier molecular flexibility index (Phi) is 8.02. The third kappa shape index (κ3) is 6.48. The number of aromatic nitrogens is 1. The number of amides is 2. The number of hydrogen-bond donors (Lipinski definition) is 1. The summed E-state index contributed by atoms with van der Waals surface area (Å²) in [6.45, 7) is 3.25. The van der Waals surface area contributed by atoms with E-state index in [4.69, 9.17) is 16.3 Å². The molecule has 2 aromatic carbocycles. The minimum absolute atomic E-state index is 0.0485. The molecule has 2 aliphatic rings. The van der Waals surface area contributed by atoms with Gasteiger partial charge < -0.3 is 15.0 Å². The smallest absolute Gasteiger partial charge is 0.255 e. The quantitative estimate of drug-likeness (QED) is 0.456. The number of nitrogens with zero attached hydrogens (tertiary/aromatic N) is 3. The van der Waals surface area contributed by atoms with Crippen LogP contribution >= 0.6 is 11.6 Å². The molecule has 2 amide bonds. The first-order chi connectivity index (χ1) is 18.1. The van der Waals surface area contributed by atoms with Crippen LogP contribution in [0.2, 0.25) is 5.02 Å². The van der Waals surface area contributed by atoms with Crippen molar-refractivity contribution in [3.05, 3.63) is 94.6 Å². The predicted octanol–water partition coefficient (Wildman–Crippen LogP) is 4.34. The molecule has 1 saturated carbocycles. The SMILES string of the molecule is O=C(NCc1ccccc1)C(c1ccccc1)N1CCN(C(=O)c2cnc(OCC3CC3)c(Cl)c2)CC1. The van der Waals surface area contributed by atoms with Gasteiger partial charge >= 0.3 is 0 Å². The average molecular weight is 519 g/mol. The number of hydrogen-bond acceptors (Lipinski definition) is 5. The van der Waals surface area contributed by atoms with Gasteiger partial charge in [-0.2, -0.15) is 0 Å². The maximum Gasteiger partial charge on any atom is 0.255 e. The highest BCUT2D eigenvalue weighted by Crippen LogP contribution is 2.31. The number of piperazine rings is 1. The zero-order chi connectivity index (χ0) is 25.6. The van der Waals surface area contributed by atoms with Crippen LogP contribution in [0.25, 0.3) is 0 Å². The Bertz CT molecular complexity index is 1210. The lowest BCUT2D eigenvalue weighted by Gasteiger charge is -2.38. The molecule has 5 rings (SSSR count). The molecule has 1 saturated heterocycles. The van der Waals surface area contributed by atoms with E-state index in [9.17, 15) is 9.59 Å². The molecule has 0 bridgehead atoms. The molecular weight excluding hydrogens is 488 g/mol. The molecular formula is C29H31ClN4O3. The standard InChI is InChI=1S/C29H31ClN4O3/c30-25-17-24(19-32-28(25)37-20-22-11-12-22)29(36)34-15-13-33(14-16-34)26(23-9-5-2-6-10-23)27(35)31-18-21-7-3-1-4-8-21/h1-10,17,19,22,26H,11-16,18,20H2,(H,31,35). The minimum Gasteiger partial charge on any atom is -0.476 e. The fourth-order valence-corrected chi connectivity index (χ4v) is 4.76. The largest absolute Gasteiger partial charge is 0.476 e. The first kappa shape index (κ1) is 25.2. The predicted molar refractivity (Wildman–Crippen MR) is 142 cm³/mol. The second-order valence-electron chi connectivity index (χ2n) is 9.61. The van der Waals surface area contributed by atoms with E-state index in [-0.39, 0.29) is 11.8 Å². The van der Waals surface area contributed by atoms with Crippen LogP contribution in [0.5, 0.6) is 5.88 Å². The van der Waals surface area contributed by atoms with E-state index in [1.807, 2.05) is 60.7 Å². The Morgan fingerprint density at radius 2 is 1.68 bits per heavy atom. The van der Waals surface area contributed by atoms with Gasteiger partial charge in [0.1, 0.15) is 11.1 Å². The van der Waals surface area contributed by atoms with Crippen molar-refractivity contribution in [3.8, 4) is 5.88 Å². The average Bonchev–Trinajstić information content (AvgIpc) is 3.77. The lowest BCUT2D eigenvalue weighted by molar-refractivity contribution is -0.127. The molecule has 1 aromatic heterocycles. The zero-order valence-electron chi connectivity index (χ0n) is 20.7. The summed E-state index contributed by atoms with van der Waals surface area (Å²) in [6, 6.07) is 20.9. The van der Waals surface area contributed by atoms with Crippen molar-refractivity contribution in [1.82, 2.24) is 20.1 Å². The van der Waals surface area contributed by atoms with Crippen molar-refractivity contribution in [2.24, 2.45) is 5.92 Å². The molecule has 192 valence electrons. The van der Waals surface area contributed by atoms with Gasteiger partial charge in [0.2, 0.25) is 11.8 Å². The van der Waals surface area contributed by atoms with Crippen molar-refractivity contribution < 1.29 is 14.3 Å². The molecule has 1 atom stereocenters. The van der Waals surface area contributed by atoms with Crippen LogP contribution in [0, 0.1) is 5.92 Å². The molecule has 1 aliphatic heterocycles. The Hall–Kier alpha value is -3.42. The van der Waals surface area contributed by atoms with E-state index in [0.29, 0.717) is 61.7 Å². The number of carbonyl (C=O) groups is 2. The topological polar surface area (TPSA) is 74.8 Å². The number of halogens is 1. The van der Waals surface area contributed by atoms with Crippen LogP contribution in [0.15, 0.2) is 72.9 Å². The van der Waals surface area contributed by atoms with Crippen LogP contribution in [0.4, 0.5) is 0 Å². The number of carbonyl (C=O) groups excluding carboxylic acids is 2. The molecule has 1 unspecified atom stereocenters. The van der Waals surface area contributed by atoms with Gasteiger partial charge in [-0.05, 0) is 36.0 Å². The summed E-state index contributed by atoms with van der Waals surface area (Å²) in [5, 5.41) is 3.44. The van der Waals surface area contributed by atoms with Crippen LogP contribution in [-0.2, 0) is 11.3 Å². The highest BCUT2D eigenvalue weighted by Gasteiger charge is 2.32. The van der Waals surface area contributed by atoms with Gasteiger partial charge in [-0.3, -0.25) is 14.5 Å². The van der Waals surface area contributed by atoms with Crippen LogP contribution in [0.1, 0.15) is 40.4 Å². The summed E-state index contributed by atoms with van der Waals surface area (Å²) in [5.74, 6) is 0.804. The van der Waals surface area contributed by atoms with Crippen molar-refractivity contribution in [3.63, 3.8) is 0 Å². The third-order valence-corrected chi connectivity index (χ3v) is 7.12. The lowest BCUT2D eigenvalue weighted by Crippen LogP contribution is -2.52. The molecule has 8 heteroatoms. The first-order valence-electron chi connectivity index (χ1n) is 12.8. The summed E-state index contributed by atoms with van der Waals surface area (Å²) in [5.41, 5.74) is 2.43. The lowest BCUT2D eigenvalue weighted by atomic mass is 10.0. The molecule has 3 aromatic rings. The Morgan fingerprint density at radius 3 is 2.32 bits per heavy atom. The number of benzene rings is 2. The van der Waals surface area contributed by atoms with Gasteiger partial charge in [-0.1, -0.05) is 72.3 Å². The van der Waals surface area contributed by atoms with E-state index in [0.717, 1.165) is 11.1 Å². The molecule has 37 heavy (non-hydrogen) atoms. The molecule has 7 nitrogen and oxygen atoms in total. The van der Waals surface area contributed by atoms with E-state index < -0.39 is 6.04 Å². The minimum atomic E-state index is -0.429. The second kappa shape index (κ2) is 11.8. The van der Waals surface area contributed by atoms with Gasteiger partial charge in [0.05, 0.1) is 12.2 Å². The van der Waals surface area contributed by atoms with Crippen molar-refractivity contribution in [2.75, 3.05) is 32.8 Å². The fraction of sp³-hybridized carbons (Fsp3) is 0.345. The van der Waals surface area contributed by atoms with Gasteiger partial charge in [-0.15, -0.1) is 0 Å². The normalized spacial score (nSPS) is 16.7. The van der Waals surface area contributed by atoms with Crippen molar-refractivity contribution in [1.29, 1.82) is 0 Å². The Balaban J connectivity index is 1.22. The number of nitrogens with one attached hydrogen (secondary N) is 1. The van der Waals surface area contributed by atoms with Crippen LogP contribution < -0.4 is 10.1 Å². The first-order valence-corrected chi connectivity index (χ1v) is 13.1. The molecule has 2 fully saturated rings. The van der Waals surface area contributed by atoms with Crippen LogP contribution in [-0.4, -0.2) is 59.4 Å². The van der Waals surface area contributed by atoms with Gasteiger partial charge in [-0.25, -0.2) is 4.98 Å². The number of ether oxygens (including phenoxy) is 1.